The number of carbonyl (C=O) groups excluding carboxylic acids is 2. The van der Waals surface area contributed by atoms with E-state index in [0.29, 0.717) is 12.6 Å². The maximum atomic E-state index is 15.1. The fraction of sp³-hybridized carbons (Fsp3) is 0.423. The number of likely N-dealkylation sites (N-methyl/N-ethyl adjacent to an activating group) is 1. The highest BCUT2D eigenvalue weighted by atomic mass is 32.1. The van der Waals surface area contributed by atoms with E-state index in [0.717, 1.165) is 30.1 Å². The Morgan fingerprint density at radius 2 is 1.79 bits per heavy atom. The Morgan fingerprint density at radius 1 is 1.15 bits per heavy atom. The van der Waals surface area contributed by atoms with Gasteiger partial charge < -0.3 is 14.5 Å². The quantitative estimate of drug-likeness (QED) is 0.197. The highest BCUT2D eigenvalue weighted by Gasteiger charge is 2.54. The third kappa shape index (κ3) is 5.98. The summed E-state index contributed by atoms with van der Waals surface area (Å²) < 4.78 is 66.2. The molecule has 0 aliphatic carbocycles. The summed E-state index contributed by atoms with van der Waals surface area (Å²) in [5.41, 5.74) is -3.67. The molecular weight excluding hydrogens is 540 g/mol. The fourth-order valence-corrected chi connectivity index (χ4v) is 4.59. The molecule has 8 nitrogen and oxygen atoms in total. The summed E-state index contributed by atoms with van der Waals surface area (Å²) in [4.78, 5) is 30.2. The van der Waals surface area contributed by atoms with Crippen LogP contribution in [0.1, 0.15) is 49.2 Å². The third-order valence-electron chi connectivity index (χ3n) is 6.57. The van der Waals surface area contributed by atoms with Crippen LogP contribution < -0.4 is 9.80 Å². The van der Waals surface area contributed by atoms with Crippen LogP contribution in [0.25, 0.3) is 0 Å². The first-order valence-electron chi connectivity index (χ1n) is 12.0. The molecule has 0 radical (unpaired) electrons. The number of esters is 1. The molecule has 1 aliphatic heterocycles. The topological polar surface area (TPSA) is 86.1 Å². The highest BCUT2D eigenvalue weighted by molar-refractivity contribution is 7.75. The molecule has 0 spiro atoms. The molecule has 1 heterocycles. The van der Waals surface area contributed by atoms with Crippen LogP contribution in [0.4, 0.5) is 28.9 Å². The van der Waals surface area contributed by atoms with E-state index >= 15 is 4.39 Å². The van der Waals surface area contributed by atoms with Crippen molar-refractivity contribution >= 4 is 36.2 Å². The summed E-state index contributed by atoms with van der Waals surface area (Å²) in [6.07, 6.45) is -6.24. The van der Waals surface area contributed by atoms with Crippen LogP contribution in [0.5, 0.6) is 0 Å². The molecule has 2 aromatic rings. The molecular formula is C26H28F4N4O4S. The Hall–Kier alpha value is -3.34. The van der Waals surface area contributed by atoms with Gasteiger partial charge in [0.1, 0.15) is 18.0 Å². The minimum Gasteiger partial charge on any atom is -0.461 e. The second-order valence-electron chi connectivity index (χ2n) is 9.20. The van der Waals surface area contributed by atoms with Crippen molar-refractivity contribution in [2.45, 2.75) is 45.8 Å². The molecule has 0 N–H and O–H groups in total. The van der Waals surface area contributed by atoms with E-state index in [1.54, 1.807) is 0 Å². The van der Waals surface area contributed by atoms with Gasteiger partial charge in [0.25, 0.3) is 5.91 Å². The van der Waals surface area contributed by atoms with E-state index in [2.05, 4.69) is 12.9 Å². The standard InChI is InChI=1S/C26H28F4N4O4S/c1-5-32(6-2)11-12-37-22(35)19-10-9-18(14-21(19)27)34-24(38-39)33(23(36)25(34,3)4)17-8-7-16(15-31)20(13-17)26(28,29)30/h7-10,13-14,24,39H,5-6,11-12H2,1-4H3. The van der Waals surface area contributed by atoms with Gasteiger partial charge in [-0.1, -0.05) is 13.8 Å². The lowest BCUT2D eigenvalue weighted by atomic mass is 10.0. The zero-order valence-corrected chi connectivity index (χ0v) is 22.6. The molecule has 1 amide bonds. The number of hydrogen-bond donors (Lipinski definition) is 1. The Morgan fingerprint density at radius 3 is 2.33 bits per heavy atom. The SMILES string of the molecule is CCN(CC)CCOC(=O)c1ccc(N2C(OS)N(c3ccc(C#N)c(C(F)(F)F)c3)C(=O)C2(C)C)cc1F. The lowest BCUT2D eigenvalue weighted by Gasteiger charge is -2.34. The first-order valence-corrected chi connectivity index (χ1v) is 12.4. The average molecular weight is 569 g/mol. The van der Waals surface area contributed by atoms with E-state index in [-0.39, 0.29) is 23.5 Å². The summed E-state index contributed by atoms with van der Waals surface area (Å²) in [6, 6.07) is 7.89. The number of thiol groups is 1. The molecule has 0 bridgehead atoms. The molecule has 13 heteroatoms. The zero-order chi connectivity index (χ0) is 29.1. The molecule has 1 unspecified atom stereocenters. The second kappa shape index (κ2) is 11.8. The number of rotatable bonds is 9. The molecule has 39 heavy (non-hydrogen) atoms. The molecule has 3 rings (SSSR count). The number of ether oxygens (including phenoxy) is 1. The van der Waals surface area contributed by atoms with Crippen molar-refractivity contribution < 1.29 is 36.1 Å². The van der Waals surface area contributed by atoms with Crippen LogP contribution in [0, 0.1) is 17.1 Å². The van der Waals surface area contributed by atoms with E-state index in [1.807, 2.05) is 18.7 Å². The van der Waals surface area contributed by atoms with Gasteiger partial charge in [-0.3, -0.25) is 13.9 Å². The van der Waals surface area contributed by atoms with Crippen molar-refractivity contribution in [1.29, 1.82) is 5.26 Å². The number of benzene rings is 2. The minimum absolute atomic E-state index is 0.0738. The molecule has 1 atom stereocenters. The lowest BCUT2D eigenvalue weighted by Crippen LogP contribution is -2.46. The number of amides is 1. The number of halogens is 4. The van der Waals surface area contributed by atoms with Gasteiger partial charge in [0.15, 0.2) is 0 Å². The van der Waals surface area contributed by atoms with Crippen molar-refractivity contribution in [3.63, 3.8) is 0 Å². The van der Waals surface area contributed by atoms with Gasteiger partial charge in [-0.25, -0.2) is 9.18 Å². The number of carbonyl (C=O) groups is 2. The van der Waals surface area contributed by atoms with Gasteiger partial charge in [-0.2, -0.15) is 18.4 Å². The van der Waals surface area contributed by atoms with Crippen LogP contribution in [0.2, 0.25) is 0 Å². The number of hydrogen-bond acceptors (Lipinski definition) is 8. The smallest absolute Gasteiger partial charge is 0.417 e. The summed E-state index contributed by atoms with van der Waals surface area (Å²) in [6.45, 7) is 9.00. The third-order valence-corrected chi connectivity index (χ3v) is 6.76. The van der Waals surface area contributed by atoms with Crippen molar-refractivity contribution in [3.05, 3.63) is 58.9 Å². The van der Waals surface area contributed by atoms with E-state index in [9.17, 15) is 22.8 Å². The Balaban J connectivity index is 1.94. The Kier molecular flexibility index (Phi) is 9.15. The maximum absolute atomic E-state index is 15.1. The van der Waals surface area contributed by atoms with Crippen LogP contribution in [-0.2, 0) is 19.9 Å². The van der Waals surface area contributed by atoms with Crippen molar-refractivity contribution in [2.24, 2.45) is 0 Å². The predicted octanol–water partition coefficient (Wildman–Crippen LogP) is 4.99. The maximum Gasteiger partial charge on any atom is 0.417 e. The normalized spacial score (nSPS) is 17.1. The number of nitriles is 1. The van der Waals surface area contributed by atoms with Crippen molar-refractivity contribution in [2.75, 3.05) is 36.0 Å². The zero-order valence-electron chi connectivity index (χ0n) is 21.8. The average Bonchev–Trinajstić information content (AvgIpc) is 3.10. The first kappa shape index (κ1) is 30.2. The summed E-state index contributed by atoms with van der Waals surface area (Å²) >= 11 is 3.84. The molecule has 210 valence electrons. The van der Waals surface area contributed by atoms with Gasteiger partial charge in [0.2, 0.25) is 6.35 Å². The van der Waals surface area contributed by atoms with Gasteiger partial charge in [0.05, 0.1) is 22.8 Å². The molecule has 0 aromatic heterocycles. The largest absolute Gasteiger partial charge is 0.461 e. The summed E-state index contributed by atoms with van der Waals surface area (Å²) in [5, 5.41) is 9.10. The summed E-state index contributed by atoms with van der Waals surface area (Å²) in [7, 11) is 0. The van der Waals surface area contributed by atoms with Crippen LogP contribution >= 0.6 is 12.9 Å². The molecule has 0 saturated carbocycles. The Labute approximate surface area is 229 Å². The fourth-order valence-electron chi connectivity index (χ4n) is 4.40. The number of alkyl halides is 3. The number of nitrogens with zero attached hydrogens (tertiary/aromatic N) is 4. The van der Waals surface area contributed by atoms with Gasteiger partial charge >= 0.3 is 12.1 Å². The van der Waals surface area contributed by atoms with Crippen LogP contribution in [0.3, 0.4) is 0 Å². The highest BCUT2D eigenvalue weighted by Crippen LogP contribution is 2.42. The first-order chi connectivity index (χ1) is 18.3. The van der Waals surface area contributed by atoms with E-state index < -0.39 is 46.9 Å². The lowest BCUT2D eigenvalue weighted by molar-refractivity contribution is -0.137. The van der Waals surface area contributed by atoms with Crippen LogP contribution in [-0.4, -0.2) is 54.9 Å². The van der Waals surface area contributed by atoms with Gasteiger partial charge in [-0.15, -0.1) is 0 Å². The van der Waals surface area contributed by atoms with Crippen molar-refractivity contribution in [1.82, 2.24) is 4.90 Å². The summed E-state index contributed by atoms with van der Waals surface area (Å²) in [5.74, 6) is -2.44. The van der Waals surface area contributed by atoms with E-state index in [4.69, 9.17) is 14.2 Å². The van der Waals surface area contributed by atoms with Crippen LogP contribution in [0.15, 0.2) is 36.4 Å². The van der Waals surface area contributed by atoms with Gasteiger partial charge in [-0.05, 0) is 76.2 Å². The van der Waals surface area contributed by atoms with Crippen molar-refractivity contribution in [3.8, 4) is 6.07 Å². The molecule has 2 aromatic carbocycles. The molecule has 1 fully saturated rings. The van der Waals surface area contributed by atoms with Gasteiger partial charge in [0, 0.05) is 17.9 Å². The molecule has 1 aliphatic rings. The number of anilines is 2. The predicted molar refractivity (Wildman–Crippen MR) is 139 cm³/mol. The van der Waals surface area contributed by atoms with E-state index in [1.165, 1.54) is 43.0 Å². The second-order valence-corrected chi connectivity index (χ2v) is 9.41. The monoisotopic (exact) mass is 568 g/mol. The molecule has 1 saturated heterocycles. The minimum atomic E-state index is -4.85. The Bertz CT molecular complexity index is 1280.